The number of ether oxygens (including phenoxy) is 1. The van der Waals surface area contributed by atoms with Gasteiger partial charge in [0.2, 0.25) is 10.0 Å². The van der Waals surface area contributed by atoms with Gasteiger partial charge in [0.15, 0.2) is 5.96 Å². The Labute approximate surface area is 195 Å². The lowest BCUT2D eigenvalue weighted by Gasteiger charge is -2.37. The monoisotopic (exact) mass is 557 g/mol. The van der Waals surface area contributed by atoms with Gasteiger partial charge in [-0.25, -0.2) is 13.1 Å². The lowest BCUT2D eigenvalue weighted by Crippen LogP contribution is -2.53. The second kappa shape index (κ2) is 12.3. The zero-order valence-electron chi connectivity index (χ0n) is 16.9. The van der Waals surface area contributed by atoms with Crippen LogP contribution in [0.2, 0.25) is 0 Å². The Balaban J connectivity index is 0.00000300. The summed E-state index contributed by atoms with van der Waals surface area (Å²) in [7, 11) is -1.59. The molecule has 0 bridgehead atoms. The second-order valence-corrected chi connectivity index (χ2v) is 9.91. The fourth-order valence-corrected chi connectivity index (χ4v) is 5.22. The van der Waals surface area contributed by atoms with E-state index in [-0.39, 0.29) is 35.8 Å². The number of thiophene rings is 1. The maximum Gasteiger partial charge on any atom is 0.213 e. The average Bonchev–Trinajstić information content (AvgIpc) is 3.26. The molecule has 2 aliphatic heterocycles. The van der Waals surface area contributed by atoms with Crippen LogP contribution in [0.15, 0.2) is 22.5 Å². The number of rotatable bonds is 7. The molecule has 0 saturated carbocycles. The molecule has 2 fully saturated rings. The average molecular weight is 558 g/mol. The van der Waals surface area contributed by atoms with Crippen LogP contribution in [0.25, 0.3) is 0 Å². The molecule has 8 nitrogen and oxygen atoms in total. The number of aliphatic imine (C=N–C) groups is 1. The fraction of sp³-hybridized carbons (Fsp3) is 0.722. The van der Waals surface area contributed by atoms with E-state index in [1.807, 2.05) is 0 Å². The number of hydrogen-bond donors (Lipinski definition) is 2. The number of nitrogens with zero attached hydrogens (tertiary/aromatic N) is 3. The van der Waals surface area contributed by atoms with Crippen molar-refractivity contribution in [3.8, 4) is 0 Å². The van der Waals surface area contributed by atoms with Gasteiger partial charge in [0, 0.05) is 52.9 Å². The van der Waals surface area contributed by atoms with Gasteiger partial charge >= 0.3 is 0 Å². The highest BCUT2D eigenvalue weighted by atomic mass is 127. The number of guanidine groups is 1. The summed E-state index contributed by atoms with van der Waals surface area (Å²) in [6, 6.07) is 4.21. The second-order valence-electron chi connectivity index (χ2n) is 7.06. The van der Waals surface area contributed by atoms with Crippen molar-refractivity contribution in [3.63, 3.8) is 0 Å². The minimum atomic E-state index is -3.33. The van der Waals surface area contributed by atoms with Gasteiger partial charge in [0.1, 0.15) is 0 Å². The molecular formula is C18H32IN5O3S2. The molecule has 29 heavy (non-hydrogen) atoms. The van der Waals surface area contributed by atoms with Crippen LogP contribution in [0.1, 0.15) is 19.3 Å². The standard InChI is InChI=1S/C18H31N5O3S2.HI/c1-19-18(23-10-8-22(9-11-23)17-6-4-13-27-17)20-7-14-28(24,25)21-15-16-5-2-3-12-26-16;/h4,6,13,16,21H,2-3,5,7-12,14-15H2,1H3,(H,19,20);1H. The van der Waals surface area contributed by atoms with E-state index in [2.05, 4.69) is 42.3 Å². The van der Waals surface area contributed by atoms with Crippen molar-refractivity contribution in [1.82, 2.24) is 14.9 Å². The van der Waals surface area contributed by atoms with Gasteiger partial charge in [0.25, 0.3) is 0 Å². The van der Waals surface area contributed by atoms with E-state index in [9.17, 15) is 8.42 Å². The van der Waals surface area contributed by atoms with E-state index in [1.54, 1.807) is 18.4 Å². The summed E-state index contributed by atoms with van der Waals surface area (Å²) < 4.78 is 32.7. The molecule has 166 valence electrons. The molecule has 11 heteroatoms. The first-order valence-corrected chi connectivity index (χ1v) is 12.4. The topological polar surface area (TPSA) is 86.3 Å². The Morgan fingerprint density at radius 3 is 2.72 bits per heavy atom. The first-order valence-electron chi connectivity index (χ1n) is 9.90. The van der Waals surface area contributed by atoms with Gasteiger partial charge in [-0.2, -0.15) is 0 Å². The van der Waals surface area contributed by atoms with Crippen molar-refractivity contribution >= 4 is 56.3 Å². The molecule has 1 atom stereocenters. The molecule has 2 saturated heterocycles. The first-order chi connectivity index (χ1) is 13.6. The van der Waals surface area contributed by atoms with E-state index >= 15 is 0 Å². The van der Waals surface area contributed by atoms with E-state index in [0.717, 1.165) is 58.0 Å². The third-order valence-corrected chi connectivity index (χ3v) is 7.34. The number of piperazine rings is 1. The Bertz CT molecular complexity index is 716. The molecular weight excluding hydrogens is 525 g/mol. The van der Waals surface area contributed by atoms with E-state index < -0.39 is 10.0 Å². The molecule has 0 aliphatic carbocycles. The van der Waals surface area contributed by atoms with Crippen LogP contribution >= 0.6 is 35.3 Å². The number of hydrogen-bond acceptors (Lipinski definition) is 6. The predicted molar refractivity (Wildman–Crippen MR) is 130 cm³/mol. The summed E-state index contributed by atoms with van der Waals surface area (Å²) in [5.41, 5.74) is 0. The van der Waals surface area contributed by atoms with Crippen molar-refractivity contribution in [2.75, 3.05) is 63.6 Å². The SMILES string of the molecule is CN=C(NCCS(=O)(=O)NCC1CCCCO1)N1CCN(c2cccs2)CC1.I. The van der Waals surface area contributed by atoms with Crippen LogP contribution in [0.4, 0.5) is 5.00 Å². The fourth-order valence-electron chi connectivity index (χ4n) is 3.48. The van der Waals surface area contributed by atoms with Crippen molar-refractivity contribution in [3.05, 3.63) is 17.5 Å². The van der Waals surface area contributed by atoms with Crippen molar-refractivity contribution < 1.29 is 13.2 Å². The Hall–Kier alpha value is -0.630. The number of sulfonamides is 1. The Kier molecular flexibility index (Phi) is 10.4. The maximum atomic E-state index is 12.2. The molecule has 0 radical (unpaired) electrons. The Morgan fingerprint density at radius 1 is 1.31 bits per heavy atom. The molecule has 0 amide bonds. The van der Waals surface area contributed by atoms with Crippen LogP contribution in [-0.4, -0.2) is 84.1 Å². The molecule has 3 rings (SSSR count). The van der Waals surface area contributed by atoms with E-state index in [1.165, 1.54) is 5.00 Å². The molecule has 2 aliphatic rings. The Morgan fingerprint density at radius 2 is 2.10 bits per heavy atom. The summed E-state index contributed by atoms with van der Waals surface area (Å²) in [6.07, 6.45) is 3.09. The maximum absolute atomic E-state index is 12.2. The molecule has 1 aromatic rings. The van der Waals surface area contributed by atoms with Gasteiger partial charge in [-0.3, -0.25) is 4.99 Å². The molecule has 1 aromatic heterocycles. The van der Waals surface area contributed by atoms with Crippen LogP contribution < -0.4 is 14.9 Å². The largest absolute Gasteiger partial charge is 0.377 e. The summed E-state index contributed by atoms with van der Waals surface area (Å²) >= 11 is 1.76. The third-order valence-electron chi connectivity index (χ3n) is 5.07. The highest BCUT2D eigenvalue weighted by Gasteiger charge is 2.21. The summed E-state index contributed by atoms with van der Waals surface area (Å²) in [4.78, 5) is 8.87. The van der Waals surface area contributed by atoms with Crippen LogP contribution in [0, 0.1) is 0 Å². The van der Waals surface area contributed by atoms with Gasteiger partial charge in [-0.05, 0) is 36.8 Å². The highest BCUT2D eigenvalue weighted by Crippen LogP contribution is 2.22. The molecule has 0 spiro atoms. The number of halogens is 1. The van der Waals surface area contributed by atoms with Crippen LogP contribution in [0.5, 0.6) is 0 Å². The summed E-state index contributed by atoms with van der Waals surface area (Å²) in [6.45, 7) is 5.01. The lowest BCUT2D eigenvalue weighted by molar-refractivity contribution is 0.0200. The summed E-state index contributed by atoms with van der Waals surface area (Å²) in [5, 5.41) is 6.58. The molecule has 1 unspecified atom stereocenters. The molecule has 3 heterocycles. The highest BCUT2D eigenvalue weighted by molar-refractivity contribution is 14.0. The zero-order chi connectivity index (χ0) is 19.8. The van der Waals surface area contributed by atoms with Crippen molar-refractivity contribution in [1.29, 1.82) is 0 Å². The van der Waals surface area contributed by atoms with Crippen LogP contribution in [-0.2, 0) is 14.8 Å². The van der Waals surface area contributed by atoms with Crippen molar-refractivity contribution in [2.45, 2.75) is 25.4 Å². The smallest absolute Gasteiger partial charge is 0.213 e. The minimum Gasteiger partial charge on any atom is -0.377 e. The number of nitrogens with one attached hydrogen (secondary N) is 2. The predicted octanol–water partition coefficient (Wildman–Crippen LogP) is 1.55. The van der Waals surface area contributed by atoms with Gasteiger partial charge in [0.05, 0.1) is 16.9 Å². The molecule has 0 aromatic carbocycles. The molecule has 2 N–H and O–H groups in total. The zero-order valence-corrected chi connectivity index (χ0v) is 20.8. The van der Waals surface area contributed by atoms with Gasteiger partial charge < -0.3 is 19.9 Å². The van der Waals surface area contributed by atoms with Gasteiger partial charge in [-0.1, -0.05) is 0 Å². The first kappa shape index (κ1) is 24.6. The quantitative estimate of drug-likeness (QED) is 0.301. The van der Waals surface area contributed by atoms with Crippen molar-refractivity contribution in [2.24, 2.45) is 4.99 Å². The van der Waals surface area contributed by atoms with Crippen LogP contribution in [0.3, 0.4) is 0 Å². The lowest BCUT2D eigenvalue weighted by atomic mass is 10.1. The van der Waals surface area contributed by atoms with E-state index in [4.69, 9.17) is 4.74 Å². The summed E-state index contributed by atoms with van der Waals surface area (Å²) in [5.74, 6) is 0.783. The minimum absolute atomic E-state index is 0. The number of anilines is 1. The third kappa shape index (κ3) is 7.85. The normalized spacial score (nSPS) is 21.0. The van der Waals surface area contributed by atoms with E-state index in [0.29, 0.717) is 13.1 Å². The van der Waals surface area contributed by atoms with Gasteiger partial charge in [-0.15, -0.1) is 35.3 Å².